The number of rotatable bonds is 6. The predicted octanol–water partition coefficient (Wildman–Crippen LogP) is 4.40. The molecule has 0 aliphatic carbocycles. The summed E-state index contributed by atoms with van der Waals surface area (Å²) >= 11 is 0. The summed E-state index contributed by atoms with van der Waals surface area (Å²) < 4.78 is 16.5. The third-order valence-electron chi connectivity index (χ3n) is 5.81. The number of carbonyl (C=O) groups is 1. The van der Waals surface area contributed by atoms with Crippen LogP contribution in [0.15, 0.2) is 57.5 Å². The number of carbonyl (C=O) groups excluding carboxylic acids is 1. The lowest BCUT2D eigenvalue weighted by Crippen LogP contribution is -2.37. The average Bonchev–Trinajstić information content (AvgIpc) is 3.50. The highest BCUT2D eigenvalue weighted by molar-refractivity contribution is 5.75. The maximum Gasteiger partial charge on any atom is 0.309 e. The summed E-state index contributed by atoms with van der Waals surface area (Å²) in [6, 6.07) is 16.3. The normalized spacial score (nSPS) is 14.7. The van der Waals surface area contributed by atoms with Gasteiger partial charge >= 0.3 is 5.97 Å². The first kappa shape index (κ1) is 20.2. The molecular formula is C24H24N4O4. The van der Waals surface area contributed by atoms with Crippen LogP contribution in [0.25, 0.3) is 22.5 Å². The standard InChI is InChI=1S/C24H24N4O4/c1-2-16-7-9-17(10-8-16)22-26-21(32-27-22)15-30-23(29)18-11-13-28(14-12-18)24-25-19-5-3-4-6-20(19)31-24/h3-10,18H,2,11-15H2,1H3. The number of oxazole rings is 1. The fraction of sp³-hybridized carbons (Fsp3) is 0.333. The Morgan fingerprint density at radius 1 is 1.09 bits per heavy atom. The molecule has 8 nitrogen and oxygen atoms in total. The van der Waals surface area contributed by atoms with E-state index in [1.54, 1.807) is 0 Å². The zero-order valence-electron chi connectivity index (χ0n) is 17.9. The number of piperidine rings is 1. The van der Waals surface area contributed by atoms with Gasteiger partial charge in [0.1, 0.15) is 5.52 Å². The molecule has 8 heteroatoms. The summed E-state index contributed by atoms with van der Waals surface area (Å²) in [5.41, 5.74) is 3.72. The molecule has 1 fully saturated rings. The molecule has 0 radical (unpaired) electrons. The quantitative estimate of drug-likeness (QED) is 0.414. The molecule has 2 aromatic heterocycles. The molecular weight excluding hydrogens is 408 g/mol. The van der Waals surface area contributed by atoms with E-state index in [2.05, 4.69) is 26.9 Å². The van der Waals surface area contributed by atoms with Crippen molar-refractivity contribution >= 4 is 23.1 Å². The van der Waals surface area contributed by atoms with Crippen molar-refractivity contribution in [2.75, 3.05) is 18.0 Å². The number of nitrogens with zero attached hydrogens (tertiary/aromatic N) is 4. The second-order valence-corrected chi connectivity index (χ2v) is 7.90. The summed E-state index contributed by atoms with van der Waals surface area (Å²) in [5, 5.41) is 3.99. The highest BCUT2D eigenvalue weighted by Gasteiger charge is 2.28. The van der Waals surface area contributed by atoms with Crippen LogP contribution in [-0.4, -0.2) is 34.2 Å². The minimum absolute atomic E-state index is 0.0236. The van der Waals surface area contributed by atoms with E-state index in [0.717, 1.165) is 23.1 Å². The lowest BCUT2D eigenvalue weighted by atomic mass is 9.97. The van der Waals surface area contributed by atoms with Crippen molar-refractivity contribution in [3.8, 4) is 11.4 Å². The summed E-state index contributed by atoms with van der Waals surface area (Å²) in [5.74, 6) is 0.371. The van der Waals surface area contributed by atoms with Gasteiger partial charge in [-0.1, -0.05) is 48.5 Å². The summed E-state index contributed by atoms with van der Waals surface area (Å²) in [6.07, 6.45) is 2.33. The van der Waals surface area contributed by atoms with Gasteiger partial charge in [0.2, 0.25) is 5.82 Å². The van der Waals surface area contributed by atoms with E-state index in [9.17, 15) is 4.79 Å². The minimum atomic E-state index is -0.241. The van der Waals surface area contributed by atoms with Gasteiger partial charge in [0.15, 0.2) is 12.2 Å². The van der Waals surface area contributed by atoms with E-state index < -0.39 is 0 Å². The Hall–Kier alpha value is -3.68. The van der Waals surface area contributed by atoms with Crippen LogP contribution >= 0.6 is 0 Å². The molecule has 0 spiro atoms. The second kappa shape index (κ2) is 8.82. The van der Waals surface area contributed by atoms with Gasteiger partial charge in [0.05, 0.1) is 5.92 Å². The summed E-state index contributed by atoms with van der Waals surface area (Å²) in [7, 11) is 0. The van der Waals surface area contributed by atoms with Gasteiger partial charge in [-0.2, -0.15) is 9.97 Å². The Morgan fingerprint density at radius 2 is 1.88 bits per heavy atom. The molecule has 0 saturated carbocycles. The largest absolute Gasteiger partial charge is 0.455 e. The number of ether oxygens (including phenoxy) is 1. The first-order chi connectivity index (χ1) is 15.7. The van der Waals surface area contributed by atoms with Gasteiger partial charge < -0.3 is 18.6 Å². The van der Waals surface area contributed by atoms with Crippen LogP contribution in [0.4, 0.5) is 6.01 Å². The Labute approximate surface area is 185 Å². The molecule has 164 valence electrons. The van der Waals surface area contributed by atoms with E-state index in [1.807, 2.05) is 48.5 Å². The Bertz CT molecular complexity index is 1170. The van der Waals surface area contributed by atoms with E-state index >= 15 is 0 Å². The van der Waals surface area contributed by atoms with Crippen molar-refractivity contribution in [2.24, 2.45) is 5.92 Å². The zero-order chi connectivity index (χ0) is 21.9. The molecule has 0 amide bonds. The van der Waals surface area contributed by atoms with E-state index in [1.165, 1.54) is 5.56 Å². The Kier molecular flexibility index (Phi) is 5.58. The van der Waals surface area contributed by atoms with Crippen LogP contribution in [0.5, 0.6) is 0 Å². The van der Waals surface area contributed by atoms with Crippen molar-refractivity contribution in [3.05, 3.63) is 60.0 Å². The molecule has 0 bridgehead atoms. The lowest BCUT2D eigenvalue weighted by Gasteiger charge is -2.29. The monoisotopic (exact) mass is 432 g/mol. The smallest absolute Gasteiger partial charge is 0.309 e. The highest BCUT2D eigenvalue weighted by Crippen LogP contribution is 2.27. The maximum atomic E-state index is 12.5. The van der Waals surface area contributed by atoms with Crippen LogP contribution in [-0.2, 0) is 22.6 Å². The molecule has 5 rings (SSSR count). The Morgan fingerprint density at radius 3 is 2.62 bits per heavy atom. The molecule has 0 N–H and O–H groups in total. The van der Waals surface area contributed by atoms with E-state index in [-0.39, 0.29) is 24.4 Å². The van der Waals surface area contributed by atoms with Crippen LogP contribution in [0.3, 0.4) is 0 Å². The molecule has 32 heavy (non-hydrogen) atoms. The van der Waals surface area contributed by atoms with Crippen molar-refractivity contribution in [3.63, 3.8) is 0 Å². The molecule has 1 saturated heterocycles. The first-order valence-electron chi connectivity index (χ1n) is 10.9. The van der Waals surface area contributed by atoms with Crippen LogP contribution in [0.1, 0.15) is 31.2 Å². The number of hydrogen-bond donors (Lipinski definition) is 0. The third kappa shape index (κ3) is 4.21. The lowest BCUT2D eigenvalue weighted by molar-refractivity contribution is -0.151. The number of anilines is 1. The number of hydrogen-bond acceptors (Lipinski definition) is 8. The molecule has 0 unspecified atom stereocenters. The molecule has 4 aromatic rings. The number of aryl methyl sites for hydroxylation is 1. The molecule has 1 aliphatic heterocycles. The van der Waals surface area contributed by atoms with Gasteiger partial charge in [-0.3, -0.25) is 4.79 Å². The molecule has 1 aliphatic rings. The van der Waals surface area contributed by atoms with Crippen molar-refractivity contribution in [1.82, 2.24) is 15.1 Å². The number of para-hydroxylation sites is 2. The van der Waals surface area contributed by atoms with Crippen molar-refractivity contribution in [1.29, 1.82) is 0 Å². The zero-order valence-corrected chi connectivity index (χ0v) is 17.9. The predicted molar refractivity (Wildman–Crippen MR) is 118 cm³/mol. The highest BCUT2D eigenvalue weighted by atomic mass is 16.6. The SMILES string of the molecule is CCc1ccc(-c2noc(COC(=O)C3CCN(c4nc5ccccc5o4)CC3)n2)cc1. The number of aromatic nitrogens is 3. The summed E-state index contributed by atoms with van der Waals surface area (Å²) in [4.78, 5) is 23.5. The van der Waals surface area contributed by atoms with Crippen molar-refractivity contribution < 1.29 is 18.5 Å². The first-order valence-corrected chi connectivity index (χ1v) is 10.9. The molecule has 2 aromatic carbocycles. The summed E-state index contributed by atoms with van der Waals surface area (Å²) in [6.45, 7) is 3.45. The number of fused-ring (bicyclic) bond motifs is 1. The van der Waals surface area contributed by atoms with Gasteiger partial charge in [-0.25, -0.2) is 0 Å². The van der Waals surface area contributed by atoms with Crippen LogP contribution < -0.4 is 4.90 Å². The Balaban J connectivity index is 1.13. The fourth-order valence-electron chi connectivity index (χ4n) is 3.87. The fourth-order valence-corrected chi connectivity index (χ4v) is 3.87. The molecule has 0 atom stereocenters. The van der Waals surface area contributed by atoms with Crippen LogP contribution in [0, 0.1) is 5.92 Å². The maximum absolute atomic E-state index is 12.5. The van der Waals surface area contributed by atoms with Crippen molar-refractivity contribution in [2.45, 2.75) is 32.8 Å². The van der Waals surface area contributed by atoms with E-state index in [0.29, 0.717) is 37.8 Å². The third-order valence-corrected chi connectivity index (χ3v) is 5.81. The van der Waals surface area contributed by atoms with E-state index in [4.69, 9.17) is 13.7 Å². The second-order valence-electron chi connectivity index (χ2n) is 7.90. The van der Waals surface area contributed by atoms with Crippen LogP contribution in [0.2, 0.25) is 0 Å². The van der Waals surface area contributed by atoms with Gasteiger partial charge in [-0.05, 0) is 37.0 Å². The van der Waals surface area contributed by atoms with Gasteiger partial charge in [0, 0.05) is 18.7 Å². The minimum Gasteiger partial charge on any atom is -0.455 e. The van der Waals surface area contributed by atoms with Gasteiger partial charge in [-0.15, -0.1) is 0 Å². The average molecular weight is 432 g/mol. The number of benzene rings is 2. The topological polar surface area (TPSA) is 94.5 Å². The van der Waals surface area contributed by atoms with Gasteiger partial charge in [0.25, 0.3) is 11.9 Å². The molecule has 3 heterocycles. The number of esters is 1.